The molecule has 2 fully saturated rings. The van der Waals surface area contributed by atoms with E-state index in [1.807, 2.05) is 19.2 Å². The van der Waals surface area contributed by atoms with Gasteiger partial charge in [-0.05, 0) is 104 Å². The summed E-state index contributed by atoms with van der Waals surface area (Å²) in [5.74, 6) is 2.17. The number of hydrogen-bond acceptors (Lipinski definition) is 1. The van der Waals surface area contributed by atoms with E-state index in [-0.39, 0.29) is 0 Å². The van der Waals surface area contributed by atoms with Gasteiger partial charge in [0.1, 0.15) is 0 Å². The first kappa shape index (κ1) is 24.4. The fraction of sp³-hybridized carbons (Fsp3) is 0.600. The lowest BCUT2D eigenvalue weighted by Gasteiger charge is -2.38. The van der Waals surface area contributed by atoms with Crippen LogP contribution in [0.4, 0.5) is 8.78 Å². The van der Waals surface area contributed by atoms with Crippen LogP contribution >= 0.6 is 0 Å². The van der Waals surface area contributed by atoms with Crippen LogP contribution in [0.3, 0.4) is 0 Å². The molecule has 0 saturated heterocycles. The molecule has 2 aliphatic carbocycles. The second-order valence-electron chi connectivity index (χ2n) is 10.6. The van der Waals surface area contributed by atoms with Crippen LogP contribution in [0.2, 0.25) is 0 Å². The third-order valence-electron chi connectivity index (χ3n) is 8.46. The number of rotatable bonds is 9. The Kier molecular flexibility index (Phi) is 8.95. The Bertz CT molecular complexity index is 846. The largest absolute Gasteiger partial charge is 0.385 e. The summed E-state index contributed by atoms with van der Waals surface area (Å²) in [6.45, 7) is 0.919. The number of methoxy groups -OCH3 is 1. The molecule has 0 radical (unpaired) electrons. The fourth-order valence-corrected chi connectivity index (χ4v) is 6.32. The van der Waals surface area contributed by atoms with Gasteiger partial charge in [0.25, 0.3) is 0 Å². The van der Waals surface area contributed by atoms with Crippen molar-refractivity contribution < 1.29 is 13.5 Å². The standard InChI is InChI=1S/C30H40F2O/c1-33-20-2-3-22-6-12-25(13-7-22)26-14-8-23(9-15-26)4-5-24-10-16-27(17-11-24)28-18-19-29(31)30(32)21-28/h10-11,16-19,21-23,25-26H,2-9,12-15,20H2,1H3/t22-,23?,25-,26?. The van der Waals surface area contributed by atoms with E-state index in [2.05, 4.69) is 12.1 Å². The highest BCUT2D eigenvalue weighted by Gasteiger charge is 2.30. The van der Waals surface area contributed by atoms with Gasteiger partial charge in [0.15, 0.2) is 11.6 Å². The second-order valence-corrected chi connectivity index (χ2v) is 10.6. The molecular weight excluding hydrogens is 414 g/mol. The van der Waals surface area contributed by atoms with Crippen molar-refractivity contribution in [3.8, 4) is 11.1 Å². The Morgan fingerprint density at radius 2 is 1.27 bits per heavy atom. The van der Waals surface area contributed by atoms with E-state index in [1.54, 1.807) is 6.07 Å². The summed E-state index contributed by atoms with van der Waals surface area (Å²) in [7, 11) is 1.81. The molecular formula is C30H40F2O. The summed E-state index contributed by atoms with van der Waals surface area (Å²) >= 11 is 0. The molecule has 2 aromatic rings. The molecule has 0 heterocycles. The van der Waals surface area contributed by atoms with Crippen LogP contribution in [0.5, 0.6) is 0 Å². The van der Waals surface area contributed by atoms with Gasteiger partial charge in [-0.1, -0.05) is 56.0 Å². The minimum atomic E-state index is -0.796. The smallest absolute Gasteiger partial charge is 0.159 e. The van der Waals surface area contributed by atoms with Crippen LogP contribution in [0.25, 0.3) is 11.1 Å². The lowest BCUT2D eigenvalue weighted by Crippen LogP contribution is -2.26. The zero-order chi connectivity index (χ0) is 23.0. The number of benzene rings is 2. The molecule has 0 aliphatic heterocycles. The van der Waals surface area contributed by atoms with E-state index >= 15 is 0 Å². The van der Waals surface area contributed by atoms with Gasteiger partial charge >= 0.3 is 0 Å². The molecule has 1 nitrogen and oxygen atoms in total. The molecule has 180 valence electrons. The molecule has 2 aliphatic rings. The van der Waals surface area contributed by atoms with E-state index in [9.17, 15) is 8.78 Å². The van der Waals surface area contributed by atoms with Crippen molar-refractivity contribution in [2.24, 2.45) is 23.7 Å². The van der Waals surface area contributed by atoms with Crippen LogP contribution in [0, 0.1) is 35.3 Å². The number of halogens is 2. The van der Waals surface area contributed by atoms with Crippen molar-refractivity contribution in [1.82, 2.24) is 0 Å². The minimum absolute atomic E-state index is 0.725. The van der Waals surface area contributed by atoms with Crippen LogP contribution in [-0.2, 0) is 11.2 Å². The Morgan fingerprint density at radius 1 is 0.697 bits per heavy atom. The van der Waals surface area contributed by atoms with E-state index in [0.717, 1.165) is 47.8 Å². The van der Waals surface area contributed by atoms with Crippen molar-refractivity contribution in [3.63, 3.8) is 0 Å². The molecule has 2 aromatic carbocycles. The van der Waals surface area contributed by atoms with E-state index < -0.39 is 11.6 Å². The highest BCUT2D eigenvalue weighted by molar-refractivity contribution is 5.63. The zero-order valence-corrected chi connectivity index (χ0v) is 20.2. The summed E-state index contributed by atoms with van der Waals surface area (Å²) < 4.78 is 31.9. The molecule has 0 bridgehead atoms. The van der Waals surface area contributed by atoms with E-state index in [0.29, 0.717) is 0 Å². The Hall–Kier alpha value is -1.74. The first-order valence-corrected chi connectivity index (χ1v) is 13.2. The summed E-state index contributed by atoms with van der Waals surface area (Å²) in [5.41, 5.74) is 3.00. The third-order valence-corrected chi connectivity index (χ3v) is 8.46. The molecule has 33 heavy (non-hydrogen) atoms. The van der Waals surface area contributed by atoms with E-state index in [4.69, 9.17) is 4.74 Å². The number of aryl methyl sites for hydroxylation is 1. The average molecular weight is 455 g/mol. The molecule has 0 N–H and O–H groups in total. The molecule has 0 amide bonds. The summed E-state index contributed by atoms with van der Waals surface area (Å²) in [6.07, 6.45) is 16.4. The predicted octanol–water partition coefficient (Wildman–Crippen LogP) is 8.60. The minimum Gasteiger partial charge on any atom is -0.385 e. The predicted molar refractivity (Wildman–Crippen MR) is 132 cm³/mol. The van der Waals surface area contributed by atoms with Crippen molar-refractivity contribution >= 4 is 0 Å². The van der Waals surface area contributed by atoms with Crippen molar-refractivity contribution in [2.75, 3.05) is 13.7 Å². The molecule has 2 saturated carbocycles. The van der Waals surface area contributed by atoms with Crippen LogP contribution < -0.4 is 0 Å². The fourth-order valence-electron chi connectivity index (χ4n) is 6.32. The SMILES string of the molecule is COCCC[C@H]1CC[C@H](C2CCC(CCc3ccc(-c4ccc(F)c(F)c4)cc3)CC2)CC1. The number of hydrogen-bond donors (Lipinski definition) is 0. The van der Waals surface area contributed by atoms with Gasteiger partial charge in [0.05, 0.1) is 0 Å². The monoisotopic (exact) mass is 454 g/mol. The van der Waals surface area contributed by atoms with Crippen LogP contribution in [0.1, 0.15) is 76.2 Å². The number of ether oxygens (including phenoxy) is 1. The maximum atomic E-state index is 13.5. The maximum absolute atomic E-state index is 13.5. The Balaban J connectivity index is 1.17. The topological polar surface area (TPSA) is 9.23 Å². The molecule has 0 unspecified atom stereocenters. The maximum Gasteiger partial charge on any atom is 0.159 e. The quantitative estimate of drug-likeness (QED) is 0.345. The lowest BCUT2D eigenvalue weighted by molar-refractivity contribution is 0.133. The Labute approximate surface area is 198 Å². The lowest BCUT2D eigenvalue weighted by atomic mass is 9.68. The second kappa shape index (κ2) is 12.1. The van der Waals surface area contributed by atoms with Gasteiger partial charge in [0.2, 0.25) is 0 Å². The first-order chi connectivity index (χ1) is 16.1. The van der Waals surface area contributed by atoms with Crippen molar-refractivity contribution in [1.29, 1.82) is 0 Å². The van der Waals surface area contributed by atoms with Gasteiger partial charge < -0.3 is 4.74 Å². The van der Waals surface area contributed by atoms with Gasteiger partial charge in [-0.25, -0.2) is 8.78 Å². The molecule has 4 rings (SSSR count). The zero-order valence-electron chi connectivity index (χ0n) is 20.2. The van der Waals surface area contributed by atoms with Gasteiger partial charge in [-0.2, -0.15) is 0 Å². The summed E-state index contributed by atoms with van der Waals surface area (Å²) in [6, 6.07) is 12.5. The van der Waals surface area contributed by atoms with Crippen LogP contribution in [0.15, 0.2) is 42.5 Å². The molecule has 0 aromatic heterocycles. The molecule has 0 atom stereocenters. The summed E-state index contributed by atoms with van der Waals surface area (Å²) in [4.78, 5) is 0. The molecule has 0 spiro atoms. The first-order valence-electron chi connectivity index (χ1n) is 13.2. The Morgan fingerprint density at radius 3 is 1.85 bits per heavy atom. The summed E-state index contributed by atoms with van der Waals surface area (Å²) in [5, 5.41) is 0. The van der Waals surface area contributed by atoms with Gasteiger partial charge in [-0.3, -0.25) is 0 Å². The van der Waals surface area contributed by atoms with Gasteiger partial charge in [0, 0.05) is 13.7 Å². The highest BCUT2D eigenvalue weighted by atomic mass is 19.2. The van der Waals surface area contributed by atoms with Gasteiger partial charge in [-0.15, -0.1) is 0 Å². The third kappa shape index (κ3) is 6.88. The molecule has 3 heteroatoms. The van der Waals surface area contributed by atoms with Crippen LogP contribution in [-0.4, -0.2) is 13.7 Å². The normalized spacial score (nSPS) is 25.8. The van der Waals surface area contributed by atoms with Crippen molar-refractivity contribution in [3.05, 3.63) is 59.7 Å². The highest BCUT2D eigenvalue weighted by Crippen LogP contribution is 2.43. The van der Waals surface area contributed by atoms with E-state index in [1.165, 1.54) is 88.3 Å². The average Bonchev–Trinajstić information content (AvgIpc) is 2.86. The van der Waals surface area contributed by atoms with Crippen molar-refractivity contribution in [2.45, 2.75) is 77.0 Å².